The minimum atomic E-state index is -0.536. The van der Waals surface area contributed by atoms with Gasteiger partial charge in [0.05, 0.1) is 11.9 Å². The van der Waals surface area contributed by atoms with Crippen LogP contribution in [0.4, 0.5) is 5.82 Å². The number of H-pyrrole nitrogens is 1. The van der Waals surface area contributed by atoms with Crippen LogP contribution in [0.3, 0.4) is 0 Å². The number of phenols is 3. The van der Waals surface area contributed by atoms with Crippen LogP contribution in [0.15, 0.2) is 34.8 Å². The fourth-order valence-corrected chi connectivity index (χ4v) is 2.81. The number of aromatic hydroxyl groups is 3. The SMILES string of the molecule is Cn1c(-c2ccc(O)c(O)c2O)cs/c1=N\c1ccn[nH]1. The van der Waals surface area contributed by atoms with E-state index in [0.29, 0.717) is 21.9 Å². The van der Waals surface area contributed by atoms with Crippen molar-refractivity contribution in [2.45, 2.75) is 0 Å². The van der Waals surface area contributed by atoms with E-state index in [1.807, 2.05) is 0 Å². The van der Waals surface area contributed by atoms with E-state index in [0.717, 1.165) is 0 Å². The van der Waals surface area contributed by atoms with E-state index in [2.05, 4.69) is 15.2 Å². The van der Waals surface area contributed by atoms with Crippen molar-refractivity contribution < 1.29 is 15.3 Å². The van der Waals surface area contributed by atoms with Gasteiger partial charge in [-0.2, -0.15) is 5.10 Å². The van der Waals surface area contributed by atoms with Crippen molar-refractivity contribution in [3.8, 4) is 28.5 Å². The molecule has 0 unspecified atom stereocenters. The quantitative estimate of drug-likeness (QED) is 0.542. The number of nitrogens with zero attached hydrogens (tertiary/aromatic N) is 3. The molecule has 0 amide bonds. The molecule has 3 aromatic rings. The number of aromatic nitrogens is 3. The summed E-state index contributed by atoms with van der Waals surface area (Å²) in [6, 6.07) is 4.60. The maximum atomic E-state index is 9.96. The second-order valence-electron chi connectivity index (χ2n) is 4.35. The maximum Gasteiger partial charge on any atom is 0.200 e. The average Bonchev–Trinajstić information content (AvgIpc) is 3.09. The molecule has 0 fully saturated rings. The van der Waals surface area contributed by atoms with Crippen LogP contribution in [-0.4, -0.2) is 30.1 Å². The third kappa shape index (κ3) is 2.25. The smallest absolute Gasteiger partial charge is 0.200 e. The van der Waals surface area contributed by atoms with Crippen molar-refractivity contribution in [3.63, 3.8) is 0 Å². The first kappa shape index (κ1) is 13.3. The van der Waals surface area contributed by atoms with Gasteiger partial charge in [-0.1, -0.05) is 0 Å². The summed E-state index contributed by atoms with van der Waals surface area (Å²) in [6.45, 7) is 0. The molecule has 0 bridgehead atoms. The lowest BCUT2D eigenvalue weighted by Crippen LogP contribution is -2.10. The van der Waals surface area contributed by atoms with Gasteiger partial charge in [0.2, 0.25) is 5.75 Å². The Morgan fingerprint density at radius 3 is 2.71 bits per heavy atom. The Labute approximate surface area is 123 Å². The van der Waals surface area contributed by atoms with Gasteiger partial charge in [-0.15, -0.1) is 11.3 Å². The Balaban J connectivity index is 2.14. The zero-order chi connectivity index (χ0) is 15.0. The zero-order valence-corrected chi connectivity index (χ0v) is 11.8. The Kier molecular flexibility index (Phi) is 3.15. The van der Waals surface area contributed by atoms with E-state index in [-0.39, 0.29) is 11.5 Å². The number of nitrogens with one attached hydrogen (secondary N) is 1. The predicted molar refractivity (Wildman–Crippen MR) is 77.5 cm³/mol. The van der Waals surface area contributed by atoms with Crippen molar-refractivity contribution >= 4 is 17.2 Å². The average molecular weight is 304 g/mol. The molecular formula is C13H12N4O3S. The largest absolute Gasteiger partial charge is 0.504 e. The first-order chi connectivity index (χ1) is 10.1. The summed E-state index contributed by atoms with van der Waals surface area (Å²) in [4.78, 5) is 5.08. The van der Waals surface area contributed by atoms with Crippen LogP contribution in [0.5, 0.6) is 17.2 Å². The normalized spacial score (nSPS) is 12.0. The molecule has 2 heterocycles. The number of thiazole rings is 1. The summed E-state index contributed by atoms with van der Waals surface area (Å²) in [5.41, 5.74) is 1.08. The molecule has 0 saturated heterocycles. The van der Waals surface area contributed by atoms with Gasteiger partial charge in [0, 0.05) is 24.1 Å². The van der Waals surface area contributed by atoms with Crippen LogP contribution < -0.4 is 4.80 Å². The summed E-state index contributed by atoms with van der Waals surface area (Å²) < 4.78 is 1.77. The summed E-state index contributed by atoms with van der Waals surface area (Å²) in [6.07, 6.45) is 1.61. The molecule has 4 N–H and O–H groups in total. The molecule has 0 radical (unpaired) electrons. The van der Waals surface area contributed by atoms with Gasteiger partial charge in [-0.25, -0.2) is 4.99 Å². The van der Waals surface area contributed by atoms with Crippen molar-refractivity contribution in [3.05, 3.63) is 34.6 Å². The Morgan fingerprint density at radius 2 is 2.00 bits per heavy atom. The molecule has 0 spiro atoms. The van der Waals surface area contributed by atoms with E-state index in [1.165, 1.54) is 23.5 Å². The summed E-state index contributed by atoms with van der Waals surface area (Å²) in [5.74, 6) is -0.643. The van der Waals surface area contributed by atoms with E-state index in [4.69, 9.17) is 0 Å². The minimum absolute atomic E-state index is 0.364. The van der Waals surface area contributed by atoms with Crippen molar-refractivity contribution in [2.75, 3.05) is 0 Å². The number of rotatable bonds is 2. The lowest BCUT2D eigenvalue weighted by atomic mass is 10.1. The summed E-state index contributed by atoms with van der Waals surface area (Å²) >= 11 is 1.38. The Hall–Kier alpha value is -2.74. The van der Waals surface area contributed by atoms with Crippen molar-refractivity contribution in [1.82, 2.24) is 14.8 Å². The second-order valence-corrected chi connectivity index (χ2v) is 5.18. The fourth-order valence-electron chi connectivity index (χ4n) is 1.90. The topological polar surface area (TPSA) is 107 Å². The van der Waals surface area contributed by atoms with E-state index in [1.54, 1.807) is 29.3 Å². The van der Waals surface area contributed by atoms with Crippen LogP contribution in [0.1, 0.15) is 0 Å². The molecule has 0 saturated carbocycles. The third-order valence-corrected chi connectivity index (χ3v) is 3.95. The Bertz CT molecular complexity index is 849. The maximum absolute atomic E-state index is 9.96. The highest BCUT2D eigenvalue weighted by molar-refractivity contribution is 7.07. The molecule has 0 aliphatic heterocycles. The molecule has 108 valence electrons. The van der Waals surface area contributed by atoms with Crippen LogP contribution >= 0.6 is 11.3 Å². The molecule has 1 aromatic carbocycles. The summed E-state index contributed by atoms with van der Waals surface area (Å²) in [7, 11) is 1.80. The van der Waals surface area contributed by atoms with Gasteiger partial charge >= 0.3 is 0 Å². The number of hydrogen-bond donors (Lipinski definition) is 4. The van der Waals surface area contributed by atoms with E-state index in [9.17, 15) is 15.3 Å². The zero-order valence-electron chi connectivity index (χ0n) is 11.0. The standard InChI is InChI=1S/C13H12N4O3S/c1-17-8(7-2-3-9(18)12(20)11(7)19)6-21-13(17)15-10-4-5-14-16-10/h2-6,18-20H,1H3,(H,14,16)/b15-13-. The number of aromatic amines is 1. The molecule has 0 atom stereocenters. The molecular weight excluding hydrogens is 292 g/mol. The third-order valence-electron chi connectivity index (χ3n) is 3.03. The highest BCUT2D eigenvalue weighted by Crippen LogP contribution is 2.41. The number of phenolic OH excluding ortho intramolecular Hbond substituents is 3. The van der Waals surface area contributed by atoms with Gasteiger partial charge in [0.1, 0.15) is 0 Å². The minimum Gasteiger partial charge on any atom is -0.504 e. The second kappa shape index (κ2) is 4.98. The first-order valence-electron chi connectivity index (χ1n) is 6.01. The summed E-state index contributed by atoms with van der Waals surface area (Å²) in [5, 5.41) is 37.3. The van der Waals surface area contributed by atoms with Crippen molar-refractivity contribution in [1.29, 1.82) is 0 Å². The fraction of sp³-hybridized carbons (Fsp3) is 0.0769. The van der Waals surface area contributed by atoms with Crippen molar-refractivity contribution in [2.24, 2.45) is 12.0 Å². The van der Waals surface area contributed by atoms with Crippen LogP contribution in [0.2, 0.25) is 0 Å². The number of hydrogen-bond acceptors (Lipinski definition) is 6. The molecule has 0 aliphatic rings. The monoisotopic (exact) mass is 304 g/mol. The van der Waals surface area contributed by atoms with Crippen LogP contribution in [-0.2, 0) is 7.05 Å². The van der Waals surface area contributed by atoms with Crippen LogP contribution in [0, 0.1) is 0 Å². The predicted octanol–water partition coefficient (Wildman–Crippen LogP) is 1.83. The highest BCUT2D eigenvalue weighted by Gasteiger charge is 2.15. The number of benzene rings is 1. The Morgan fingerprint density at radius 1 is 1.19 bits per heavy atom. The lowest BCUT2D eigenvalue weighted by Gasteiger charge is -2.08. The van der Waals surface area contributed by atoms with E-state index < -0.39 is 5.75 Å². The lowest BCUT2D eigenvalue weighted by molar-refractivity contribution is 0.369. The van der Waals surface area contributed by atoms with Crippen LogP contribution in [0.25, 0.3) is 11.3 Å². The van der Waals surface area contributed by atoms with Gasteiger partial charge in [-0.05, 0) is 12.1 Å². The van der Waals surface area contributed by atoms with Gasteiger partial charge in [0.15, 0.2) is 22.1 Å². The molecule has 21 heavy (non-hydrogen) atoms. The first-order valence-corrected chi connectivity index (χ1v) is 6.89. The van der Waals surface area contributed by atoms with Gasteiger partial charge in [0.25, 0.3) is 0 Å². The molecule has 7 nitrogen and oxygen atoms in total. The molecule has 8 heteroatoms. The molecule has 2 aromatic heterocycles. The highest BCUT2D eigenvalue weighted by atomic mass is 32.1. The van der Waals surface area contributed by atoms with Gasteiger partial charge < -0.3 is 19.9 Å². The van der Waals surface area contributed by atoms with E-state index >= 15 is 0 Å². The molecule has 0 aliphatic carbocycles. The molecule has 3 rings (SSSR count). The van der Waals surface area contributed by atoms with Gasteiger partial charge in [-0.3, -0.25) is 5.10 Å².